The molecule has 3 aliphatic rings. The summed E-state index contributed by atoms with van der Waals surface area (Å²) in [7, 11) is 6.37. The van der Waals surface area contributed by atoms with Crippen LogP contribution in [0.4, 0.5) is 0 Å². The molecule has 0 saturated heterocycles. The standard InChI is InChI=1S/C32H37NO7/c1-18-29(32(35)40-21-8-6-7-9-21)30(23-17-22(36-2)11-13-26(23)37-3)31-24(33-18)14-20(15-25(31)34)19-10-12-27(38-4)28(16-19)39-5/h10-14,16-17,20-21,30-31,33H,6-9,15H2,1-5H3. The van der Waals surface area contributed by atoms with Crippen LogP contribution in [0.1, 0.15) is 62.0 Å². The molecule has 8 heteroatoms. The largest absolute Gasteiger partial charge is 0.497 e. The molecule has 3 unspecified atom stereocenters. The highest BCUT2D eigenvalue weighted by Gasteiger charge is 2.46. The van der Waals surface area contributed by atoms with Crippen LogP contribution in [0.15, 0.2) is 59.4 Å². The Balaban J connectivity index is 1.61. The Morgan fingerprint density at radius 1 is 0.850 bits per heavy atom. The van der Waals surface area contributed by atoms with Crippen LogP contribution in [0.25, 0.3) is 0 Å². The molecule has 212 valence electrons. The Kier molecular flexibility index (Phi) is 8.05. The Labute approximate surface area is 235 Å². The Morgan fingerprint density at radius 2 is 1.55 bits per heavy atom. The molecule has 1 N–H and O–H groups in total. The number of fused-ring (bicyclic) bond motifs is 1. The van der Waals surface area contributed by atoms with Crippen LogP contribution in [0.3, 0.4) is 0 Å². The van der Waals surface area contributed by atoms with Crippen molar-refractivity contribution in [1.29, 1.82) is 0 Å². The first-order valence-corrected chi connectivity index (χ1v) is 13.8. The summed E-state index contributed by atoms with van der Waals surface area (Å²) in [6, 6.07) is 11.2. The van der Waals surface area contributed by atoms with Gasteiger partial charge in [-0.3, -0.25) is 4.79 Å². The number of ether oxygens (including phenoxy) is 5. The van der Waals surface area contributed by atoms with E-state index >= 15 is 0 Å². The molecule has 8 nitrogen and oxygen atoms in total. The van der Waals surface area contributed by atoms with Gasteiger partial charge in [0.25, 0.3) is 0 Å². The smallest absolute Gasteiger partial charge is 0.336 e. The minimum Gasteiger partial charge on any atom is -0.497 e. The van der Waals surface area contributed by atoms with Gasteiger partial charge in [0.2, 0.25) is 0 Å². The number of allylic oxidation sites excluding steroid dienone is 3. The van der Waals surface area contributed by atoms with Crippen molar-refractivity contribution >= 4 is 11.8 Å². The fourth-order valence-electron chi connectivity index (χ4n) is 6.28. The van der Waals surface area contributed by atoms with Crippen molar-refractivity contribution < 1.29 is 33.3 Å². The normalized spacial score (nSPS) is 22.7. The third-order valence-electron chi connectivity index (χ3n) is 8.27. The second-order valence-corrected chi connectivity index (χ2v) is 10.6. The number of Topliss-reactive ketones (excluding diaryl/α,β-unsaturated/α-hetero) is 1. The molecule has 2 aromatic rings. The van der Waals surface area contributed by atoms with Crippen molar-refractivity contribution in [2.75, 3.05) is 28.4 Å². The summed E-state index contributed by atoms with van der Waals surface area (Å²) in [4.78, 5) is 27.8. The van der Waals surface area contributed by atoms with Crippen LogP contribution in [-0.2, 0) is 14.3 Å². The predicted octanol–water partition coefficient (Wildman–Crippen LogP) is 5.42. The Hall–Kier alpha value is -3.94. The van der Waals surface area contributed by atoms with Crippen LogP contribution < -0.4 is 24.3 Å². The van der Waals surface area contributed by atoms with Gasteiger partial charge in [0.15, 0.2) is 11.5 Å². The molecule has 3 atom stereocenters. The van der Waals surface area contributed by atoms with Gasteiger partial charge in [-0.1, -0.05) is 12.1 Å². The summed E-state index contributed by atoms with van der Waals surface area (Å²) in [5, 5.41) is 3.41. The first-order valence-electron chi connectivity index (χ1n) is 13.8. The van der Waals surface area contributed by atoms with E-state index in [-0.39, 0.29) is 30.2 Å². The number of rotatable bonds is 8. The molecule has 0 amide bonds. The molecule has 0 spiro atoms. The average molecular weight is 548 g/mol. The predicted molar refractivity (Wildman–Crippen MR) is 150 cm³/mol. The summed E-state index contributed by atoms with van der Waals surface area (Å²) in [6.07, 6.45) is 6.08. The number of hydrogen-bond donors (Lipinski definition) is 1. The molecule has 1 saturated carbocycles. The first kappa shape index (κ1) is 27.6. The maximum Gasteiger partial charge on any atom is 0.336 e. The van der Waals surface area contributed by atoms with Gasteiger partial charge in [-0.25, -0.2) is 4.79 Å². The van der Waals surface area contributed by atoms with Gasteiger partial charge >= 0.3 is 5.97 Å². The molecule has 5 rings (SSSR count). The van der Waals surface area contributed by atoms with Crippen LogP contribution in [-0.4, -0.2) is 46.3 Å². The minimum absolute atomic E-state index is 0.0262. The van der Waals surface area contributed by atoms with Crippen molar-refractivity contribution in [2.24, 2.45) is 5.92 Å². The van der Waals surface area contributed by atoms with Crippen LogP contribution in [0.5, 0.6) is 23.0 Å². The summed E-state index contributed by atoms with van der Waals surface area (Å²) in [6.45, 7) is 1.87. The number of benzene rings is 2. The highest BCUT2D eigenvalue weighted by molar-refractivity contribution is 5.96. The van der Waals surface area contributed by atoms with Crippen LogP contribution in [0, 0.1) is 5.92 Å². The lowest BCUT2D eigenvalue weighted by atomic mass is 9.68. The van der Waals surface area contributed by atoms with Gasteiger partial charge in [0, 0.05) is 35.2 Å². The van der Waals surface area contributed by atoms with E-state index in [1.165, 1.54) is 0 Å². The lowest BCUT2D eigenvalue weighted by molar-refractivity contribution is -0.144. The van der Waals surface area contributed by atoms with Crippen molar-refractivity contribution in [3.63, 3.8) is 0 Å². The topological polar surface area (TPSA) is 92.3 Å². The molecule has 1 heterocycles. The van der Waals surface area contributed by atoms with E-state index in [0.29, 0.717) is 34.3 Å². The summed E-state index contributed by atoms with van der Waals surface area (Å²) in [5.74, 6) is 0.712. The van der Waals surface area contributed by atoms with Gasteiger partial charge in [0.05, 0.1) is 39.9 Å². The zero-order valence-electron chi connectivity index (χ0n) is 23.7. The molecule has 0 radical (unpaired) electrons. The van der Waals surface area contributed by atoms with E-state index in [2.05, 4.69) is 11.4 Å². The fourth-order valence-corrected chi connectivity index (χ4v) is 6.28. The maximum atomic E-state index is 14.1. The van der Waals surface area contributed by atoms with E-state index in [1.807, 2.05) is 43.3 Å². The quantitative estimate of drug-likeness (QED) is 0.438. The second-order valence-electron chi connectivity index (χ2n) is 10.6. The summed E-state index contributed by atoms with van der Waals surface area (Å²) in [5.41, 5.74) is 3.55. The highest BCUT2D eigenvalue weighted by Crippen LogP contribution is 2.49. The van der Waals surface area contributed by atoms with E-state index < -0.39 is 11.8 Å². The number of esters is 1. The molecule has 0 bridgehead atoms. The zero-order chi connectivity index (χ0) is 28.4. The number of methoxy groups -OCH3 is 4. The molecule has 2 aliphatic carbocycles. The Bertz CT molecular complexity index is 1360. The number of ketones is 1. The van der Waals surface area contributed by atoms with Crippen molar-refractivity contribution in [3.05, 3.63) is 70.6 Å². The lowest BCUT2D eigenvalue weighted by Crippen LogP contribution is -2.42. The number of carbonyl (C=O) groups excluding carboxylic acids is 2. The van der Waals surface area contributed by atoms with E-state index in [0.717, 1.165) is 42.5 Å². The average Bonchev–Trinajstić information content (AvgIpc) is 3.48. The van der Waals surface area contributed by atoms with Crippen LogP contribution in [0.2, 0.25) is 0 Å². The molecule has 0 aromatic heterocycles. The first-order chi connectivity index (χ1) is 19.4. The number of nitrogens with one attached hydrogen (secondary N) is 1. The molecular weight excluding hydrogens is 510 g/mol. The monoisotopic (exact) mass is 547 g/mol. The minimum atomic E-state index is -0.604. The van der Waals surface area contributed by atoms with Gasteiger partial charge in [-0.2, -0.15) is 0 Å². The maximum absolute atomic E-state index is 14.1. The number of hydrogen-bond acceptors (Lipinski definition) is 8. The van der Waals surface area contributed by atoms with Crippen molar-refractivity contribution in [1.82, 2.24) is 5.32 Å². The zero-order valence-corrected chi connectivity index (χ0v) is 23.7. The summed E-state index contributed by atoms with van der Waals surface area (Å²) >= 11 is 0. The Morgan fingerprint density at radius 3 is 2.23 bits per heavy atom. The molecule has 1 aliphatic heterocycles. The fraction of sp³-hybridized carbons (Fsp3) is 0.438. The van der Waals surface area contributed by atoms with Crippen molar-refractivity contribution in [3.8, 4) is 23.0 Å². The third-order valence-corrected chi connectivity index (χ3v) is 8.27. The molecule has 2 aromatic carbocycles. The van der Waals surface area contributed by atoms with E-state index in [9.17, 15) is 9.59 Å². The van der Waals surface area contributed by atoms with Gasteiger partial charge in [0.1, 0.15) is 23.4 Å². The van der Waals surface area contributed by atoms with Gasteiger partial charge in [-0.15, -0.1) is 0 Å². The molecule has 1 fully saturated rings. The van der Waals surface area contributed by atoms with Crippen LogP contribution >= 0.6 is 0 Å². The number of carbonyl (C=O) groups is 2. The van der Waals surface area contributed by atoms with E-state index in [1.54, 1.807) is 28.4 Å². The van der Waals surface area contributed by atoms with Gasteiger partial charge < -0.3 is 29.0 Å². The highest BCUT2D eigenvalue weighted by atomic mass is 16.5. The second kappa shape index (κ2) is 11.7. The molecular formula is C32H37NO7. The SMILES string of the molecule is COc1ccc(OC)c(C2C(C(=O)OC3CCCC3)=C(C)NC3=CC(c4ccc(OC)c(OC)c4)CC(=O)C32)c1. The molecule has 40 heavy (non-hydrogen) atoms. The third kappa shape index (κ3) is 5.15. The van der Waals surface area contributed by atoms with Gasteiger partial charge in [-0.05, 0) is 68.5 Å². The van der Waals surface area contributed by atoms with E-state index in [4.69, 9.17) is 23.7 Å². The summed E-state index contributed by atoms with van der Waals surface area (Å²) < 4.78 is 28.2. The van der Waals surface area contributed by atoms with Crippen molar-refractivity contribution in [2.45, 2.75) is 57.0 Å². The lowest BCUT2D eigenvalue weighted by Gasteiger charge is -2.40.